The predicted molar refractivity (Wildman–Crippen MR) is 95.5 cm³/mol. The van der Waals surface area contributed by atoms with Crippen LogP contribution >= 0.6 is 0 Å². The van der Waals surface area contributed by atoms with Gasteiger partial charge in [0.05, 0.1) is 13.2 Å². The molecule has 0 N–H and O–H groups in total. The molecule has 1 fully saturated rings. The summed E-state index contributed by atoms with van der Waals surface area (Å²) < 4.78 is 11.0. The molecule has 0 atom stereocenters. The van der Waals surface area contributed by atoms with Crippen LogP contribution in [-0.2, 0) is 22.4 Å². The number of carbonyl (C=O) groups excluding carboxylic acids is 1. The third-order valence-corrected chi connectivity index (χ3v) is 5.11. The number of carbonyl (C=O) groups is 1. The van der Waals surface area contributed by atoms with Gasteiger partial charge in [-0.05, 0) is 48.3 Å². The molecule has 0 bridgehead atoms. The minimum absolute atomic E-state index is 0.0353. The summed E-state index contributed by atoms with van der Waals surface area (Å²) in [6.45, 7) is 4.74. The van der Waals surface area contributed by atoms with E-state index in [9.17, 15) is 4.79 Å². The highest BCUT2D eigenvalue weighted by molar-refractivity contribution is 5.77. The van der Waals surface area contributed by atoms with Crippen LogP contribution in [0.3, 0.4) is 0 Å². The molecule has 0 unspecified atom stereocenters. The highest BCUT2D eigenvalue weighted by atomic mass is 16.5. The standard InChI is InChI=1S/C20H24N2O3/c23-20(22-10-12-24-13-11-22)15-25-19-5-4-16-6-8-21(18-2-1-3-18)9-7-17(16)14-19/h1-5,14H,6-13,15H2. The molecule has 132 valence electrons. The van der Waals surface area contributed by atoms with Crippen LogP contribution in [0.4, 0.5) is 0 Å². The van der Waals surface area contributed by atoms with Crippen LogP contribution < -0.4 is 4.74 Å². The van der Waals surface area contributed by atoms with E-state index in [1.54, 1.807) is 0 Å². The Morgan fingerprint density at radius 1 is 1.08 bits per heavy atom. The number of nitrogens with zero attached hydrogens (tertiary/aromatic N) is 2. The molecule has 1 aromatic carbocycles. The van der Waals surface area contributed by atoms with Gasteiger partial charge in [-0.15, -0.1) is 0 Å². The molecule has 2 heterocycles. The molecule has 1 amide bonds. The molecular weight excluding hydrogens is 316 g/mol. The van der Waals surface area contributed by atoms with E-state index >= 15 is 0 Å². The van der Waals surface area contributed by atoms with Crippen LogP contribution in [0.5, 0.6) is 5.75 Å². The van der Waals surface area contributed by atoms with E-state index in [0.717, 1.165) is 31.7 Å². The van der Waals surface area contributed by atoms with Gasteiger partial charge in [-0.2, -0.15) is 0 Å². The third kappa shape index (κ3) is 3.71. The van der Waals surface area contributed by atoms with Gasteiger partial charge in [0.2, 0.25) is 0 Å². The van der Waals surface area contributed by atoms with Gasteiger partial charge < -0.3 is 19.3 Å². The Balaban J connectivity index is 1.35. The van der Waals surface area contributed by atoms with Crippen molar-refractivity contribution in [2.75, 3.05) is 46.0 Å². The smallest absolute Gasteiger partial charge is 0.260 e. The molecule has 0 saturated carbocycles. The van der Waals surface area contributed by atoms with Crippen molar-refractivity contribution in [3.63, 3.8) is 0 Å². The number of benzene rings is 1. The van der Waals surface area contributed by atoms with Crippen molar-refractivity contribution in [3.8, 4) is 5.75 Å². The number of fused-ring (bicyclic) bond motifs is 1. The number of hydrogen-bond donors (Lipinski definition) is 0. The van der Waals surface area contributed by atoms with Crippen molar-refractivity contribution in [1.82, 2.24) is 9.80 Å². The Morgan fingerprint density at radius 2 is 1.84 bits per heavy atom. The summed E-state index contributed by atoms with van der Waals surface area (Å²) in [6, 6.07) is 6.25. The van der Waals surface area contributed by atoms with Gasteiger partial charge in [0.25, 0.3) is 5.91 Å². The molecule has 0 aromatic heterocycles. The molecule has 3 aliphatic rings. The maximum absolute atomic E-state index is 12.2. The average Bonchev–Trinajstić information content (AvgIpc) is 2.81. The second-order valence-electron chi connectivity index (χ2n) is 6.65. The Morgan fingerprint density at radius 3 is 2.56 bits per heavy atom. The van der Waals surface area contributed by atoms with Crippen molar-refractivity contribution in [3.05, 3.63) is 53.3 Å². The molecule has 2 aliphatic heterocycles. The molecule has 1 aliphatic carbocycles. The Kier molecular flexibility index (Phi) is 4.74. The lowest BCUT2D eigenvalue weighted by atomic mass is 10.0. The van der Waals surface area contributed by atoms with Crippen LogP contribution in [0.15, 0.2) is 42.1 Å². The van der Waals surface area contributed by atoms with Crippen molar-refractivity contribution in [2.45, 2.75) is 12.8 Å². The van der Waals surface area contributed by atoms with Crippen LogP contribution in [0.2, 0.25) is 0 Å². The first-order chi connectivity index (χ1) is 12.3. The fourth-order valence-corrected chi connectivity index (χ4v) is 3.49. The van der Waals surface area contributed by atoms with E-state index in [-0.39, 0.29) is 12.5 Å². The number of ether oxygens (including phenoxy) is 2. The molecule has 4 rings (SSSR count). The maximum Gasteiger partial charge on any atom is 0.260 e. The van der Waals surface area contributed by atoms with Gasteiger partial charge in [-0.3, -0.25) is 4.79 Å². The first-order valence-corrected chi connectivity index (χ1v) is 9.03. The van der Waals surface area contributed by atoms with Crippen LogP contribution in [0.25, 0.3) is 0 Å². The zero-order valence-electron chi connectivity index (χ0n) is 14.4. The SMILES string of the molecule is O=C(COc1ccc2c(c1)CCN(C1=CC=C1)CC2)N1CCOCC1. The molecule has 1 saturated heterocycles. The zero-order chi connectivity index (χ0) is 17.1. The van der Waals surface area contributed by atoms with Gasteiger partial charge in [0.15, 0.2) is 6.61 Å². The van der Waals surface area contributed by atoms with Gasteiger partial charge in [-0.25, -0.2) is 0 Å². The second kappa shape index (κ2) is 7.31. The fourth-order valence-electron chi connectivity index (χ4n) is 3.49. The monoisotopic (exact) mass is 340 g/mol. The fraction of sp³-hybridized carbons (Fsp3) is 0.450. The number of amides is 1. The normalized spacial score (nSPS) is 19.6. The summed E-state index contributed by atoms with van der Waals surface area (Å²) >= 11 is 0. The maximum atomic E-state index is 12.2. The molecule has 5 heteroatoms. The van der Waals surface area contributed by atoms with E-state index in [0.29, 0.717) is 26.3 Å². The lowest BCUT2D eigenvalue weighted by Crippen LogP contribution is -2.42. The molecule has 1 aromatic rings. The van der Waals surface area contributed by atoms with E-state index in [1.807, 2.05) is 11.0 Å². The minimum Gasteiger partial charge on any atom is -0.484 e. The third-order valence-electron chi connectivity index (χ3n) is 5.11. The summed E-state index contributed by atoms with van der Waals surface area (Å²) in [5.41, 5.74) is 4.06. The van der Waals surface area contributed by atoms with Gasteiger partial charge >= 0.3 is 0 Å². The molecular formula is C20H24N2O3. The Hall–Kier alpha value is -2.27. The van der Waals surface area contributed by atoms with Crippen LogP contribution in [-0.4, -0.2) is 61.7 Å². The molecule has 25 heavy (non-hydrogen) atoms. The lowest BCUT2D eigenvalue weighted by Gasteiger charge is -2.26. The Labute approximate surface area is 148 Å². The van der Waals surface area contributed by atoms with Crippen LogP contribution in [0, 0.1) is 0 Å². The van der Waals surface area contributed by atoms with Crippen molar-refractivity contribution < 1.29 is 14.3 Å². The first kappa shape index (κ1) is 16.2. The quantitative estimate of drug-likeness (QED) is 0.838. The summed E-state index contributed by atoms with van der Waals surface area (Å²) in [5.74, 6) is 0.824. The van der Waals surface area contributed by atoms with Crippen molar-refractivity contribution >= 4 is 5.91 Å². The lowest BCUT2D eigenvalue weighted by molar-refractivity contribution is -0.137. The number of morpholine rings is 1. The highest BCUT2D eigenvalue weighted by Gasteiger charge is 2.19. The van der Waals surface area contributed by atoms with Gasteiger partial charge in [0, 0.05) is 31.9 Å². The number of hydrogen-bond acceptors (Lipinski definition) is 4. The van der Waals surface area contributed by atoms with Gasteiger partial charge in [-0.1, -0.05) is 12.1 Å². The van der Waals surface area contributed by atoms with E-state index in [1.165, 1.54) is 16.8 Å². The van der Waals surface area contributed by atoms with E-state index in [4.69, 9.17) is 9.47 Å². The van der Waals surface area contributed by atoms with Crippen molar-refractivity contribution in [2.24, 2.45) is 0 Å². The molecule has 0 radical (unpaired) electrons. The summed E-state index contributed by atoms with van der Waals surface area (Å²) in [6.07, 6.45) is 8.48. The average molecular weight is 340 g/mol. The second-order valence-corrected chi connectivity index (χ2v) is 6.65. The predicted octanol–water partition coefficient (Wildman–Crippen LogP) is 1.78. The summed E-state index contributed by atoms with van der Waals surface area (Å²) in [7, 11) is 0. The first-order valence-electron chi connectivity index (χ1n) is 9.03. The minimum atomic E-state index is 0.0353. The van der Waals surface area contributed by atoms with Gasteiger partial charge in [0.1, 0.15) is 5.75 Å². The number of allylic oxidation sites excluding steroid dienone is 3. The van der Waals surface area contributed by atoms with E-state index in [2.05, 4.69) is 35.3 Å². The van der Waals surface area contributed by atoms with E-state index < -0.39 is 0 Å². The Bertz CT molecular complexity index is 705. The van der Waals surface area contributed by atoms with Crippen LogP contribution in [0.1, 0.15) is 11.1 Å². The number of rotatable bonds is 4. The summed E-state index contributed by atoms with van der Waals surface area (Å²) in [4.78, 5) is 16.4. The topological polar surface area (TPSA) is 42.0 Å². The largest absolute Gasteiger partial charge is 0.484 e. The van der Waals surface area contributed by atoms with Crippen molar-refractivity contribution in [1.29, 1.82) is 0 Å². The zero-order valence-corrected chi connectivity index (χ0v) is 14.4. The molecule has 5 nitrogen and oxygen atoms in total. The summed E-state index contributed by atoms with van der Waals surface area (Å²) in [5, 5.41) is 0. The molecule has 0 spiro atoms. The highest BCUT2D eigenvalue weighted by Crippen LogP contribution is 2.24.